The summed E-state index contributed by atoms with van der Waals surface area (Å²) in [5, 5.41) is 0. The van der Waals surface area contributed by atoms with Gasteiger partial charge in [0.2, 0.25) is 5.82 Å². The quantitative estimate of drug-likeness (QED) is 0.216. The summed E-state index contributed by atoms with van der Waals surface area (Å²) in [6, 6.07) is 19.4. The first-order valence-corrected chi connectivity index (χ1v) is 12.9. The summed E-state index contributed by atoms with van der Waals surface area (Å²) in [5.41, 5.74) is 4.44. The minimum atomic E-state index is -0.911. The molecule has 1 nitrogen and oxygen atoms in total. The van der Waals surface area contributed by atoms with Gasteiger partial charge in [0.15, 0.2) is 11.6 Å². The number of rotatable bonds is 14. The molecular weight excluding hydrogens is 426 g/mol. The highest BCUT2D eigenvalue weighted by Crippen LogP contribution is 2.31. The van der Waals surface area contributed by atoms with Crippen molar-refractivity contribution in [1.29, 1.82) is 0 Å². The van der Waals surface area contributed by atoms with Crippen LogP contribution in [0, 0.1) is 11.6 Å². The standard InChI is InChI=1S/C31H38F2O/c1-3-5-7-8-9-11-23-34-29-22-21-28(30(32)31(29)33)27-19-17-26(18-20-27)25-15-13-24(14-16-25)12-10-6-4-2/h13-22H,3-12,23H2,1-2H3. The normalized spacial score (nSPS) is 11.1. The predicted octanol–water partition coefficient (Wildman–Crippen LogP) is 9.77. The van der Waals surface area contributed by atoms with Crippen molar-refractivity contribution in [1.82, 2.24) is 0 Å². The van der Waals surface area contributed by atoms with E-state index in [1.807, 2.05) is 24.3 Å². The summed E-state index contributed by atoms with van der Waals surface area (Å²) in [6.07, 6.45) is 11.5. The van der Waals surface area contributed by atoms with E-state index >= 15 is 0 Å². The maximum Gasteiger partial charge on any atom is 0.201 e. The Kier molecular flexibility index (Phi) is 10.6. The number of halogens is 2. The predicted molar refractivity (Wildman–Crippen MR) is 139 cm³/mol. The lowest BCUT2D eigenvalue weighted by Gasteiger charge is -2.11. The fraction of sp³-hybridized carbons (Fsp3) is 0.419. The van der Waals surface area contributed by atoms with Gasteiger partial charge in [0.05, 0.1) is 6.61 Å². The van der Waals surface area contributed by atoms with Gasteiger partial charge in [-0.1, -0.05) is 107 Å². The summed E-state index contributed by atoms with van der Waals surface area (Å²) < 4.78 is 34.9. The van der Waals surface area contributed by atoms with Crippen LogP contribution in [0.5, 0.6) is 5.75 Å². The third kappa shape index (κ3) is 7.41. The van der Waals surface area contributed by atoms with Crippen molar-refractivity contribution in [3.8, 4) is 28.0 Å². The first-order chi connectivity index (χ1) is 16.6. The van der Waals surface area contributed by atoms with Crippen molar-refractivity contribution in [3.05, 3.63) is 77.9 Å². The average Bonchev–Trinajstić information content (AvgIpc) is 2.87. The minimum Gasteiger partial charge on any atom is -0.490 e. The lowest BCUT2D eigenvalue weighted by Crippen LogP contribution is -2.01. The van der Waals surface area contributed by atoms with Gasteiger partial charge in [0, 0.05) is 5.56 Å². The van der Waals surface area contributed by atoms with Gasteiger partial charge in [-0.3, -0.25) is 0 Å². The second kappa shape index (κ2) is 13.9. The molecule has 0 atom stereocenters. The molecule has 182 valence electrons. The highest BCUT2D eigenvalue weighted by Gasteiger charge is 2.16. The Morgan fingerprint density at radius 2 is 1.12 bits per heavy atom. The maximum atomic E-state index is 14.8. The molecule has 34 heavy (non-hydrogen) atoms. The lowest BCUT2D eigenvalue weighted by molar-refractivity contribution is 0.285. The topological polar surface area (TPSA) is 9.23 Å². The summed E-state index contributed by atoms with van der Waals surface area (Å²) in [4.78, 5) is 0. The van der Waals surface area contributed by atoms with Crippen LogP contribution in [0.25, 0.3) is 22.3 Å². The van der Waals surface area contributed by atoms with Crippen LogP contribution in [0.1, 0.15) is 77.2 Å². The van der Waals surface area contributed by atoms with Crippen LogP contribution < -0.4 is 4.74 Å². The van der Waals surface area contributed by atoms with Crippen LogP contribution in [-0.4, -0.2) is 6.61 Å². The number of benzene rings is 3. The Balaban J connectivity index is 1.60. The molecule has 0 saturated heterocycles. The van der Waals surface area contributed by atoms with Crippen LogP contribution in [0.3, 0.4) is 0 Å². The maximum absolute atomic E-state index is 14.8. The zero-order valence-electron chi connectivity index (χ0n) is 20.7. The van der Waals surface area contributed by atoms with Gasteiger partial charge in [-0.05, 0) is 53.6 Å². The number of hydrogen-bond acceptors (Lipinski definition) is 1. The lowest BCUT2D eigenvalue weighted by atomic mass is 9.98. The van der Waals surface area contributed by atoms with Crippen LogP contribution in [-0.2, 0) is 6.42 Å². The van der Waals surface area contributed by atoms with E-state index in [0.717, 1.165) is 36.8 Å². The molecule has 0 heterocycles. The smallest absolute Gasteiger partial charge is 0.201 e. The Bertz CT molecular complexity index is 993. The molecule has 0 amide bonds. The van der Waals surface area contributed by atoms with Gasteiger partial charge >= 0.3 is 0 Å². The first kappa shape index (κ1) is 25.9. The van der Waals surface area contributed by atoms with E-state index in [1.165, 1.54) is 50.2 Å². The molecule has 0 radical (unpaired) electrons. The van der Waals surface area contributed by atoms with E-state index in [4.69, 9.17) is 4.74 Å². The zero-order valence-corrected chi connectivity index (χ0v) is 20.7. The summed E-state index contributed by atoms with van der Waals surface area (Å²) in [5.74, 6) is -1.78. The Morgan fingerprint density at radius 1 is 0.559 bits per heavy atom. The van der Waals surface area contributed by atoms with Gasteiger partial charge in [-0.25, -0.2) is 4.39 Å². The van der Waals surface area contributed by atoms with Crippen molar-refractivity contribution in [2.24, 2.45) is 0 Å². The van der Waals surface area contributed by atoms with Crippen LogP contribution in [0.4, 0.5) is 8.78 Å². The molecule has 0 aliphatic carbocycles. The minimum absolute atomic E-state index is 0.00884. The molecule has 0 fully saturated rings. The number of hydrogen-bond donors (Lipinski definition) is 0. The van der Waals surface area contributed by atoms with Gasteiger partial charge in [0.25, 0.3) is 0 Å². The third-order valence-corrected chi connectivity index (χ3v) is 6.35. The van der Waals surface area contributed by atoms with Crippen LogP contribution in [0.2, 0.25) is 0 Å². The van der Waals surface area contributed by atoms with Crippen molar-refractivity contribution >= 4 is 0 Å². The van der Waals surface area contributed by atoms with E-state index in [1.54, 1.807) is 6.07 Å². The molecular formula is C31H38F2O. The van der Waals surface area contributed by atoms with Gasteiger partial charge in [0.1, 0.15) is 0 Å². The average molecular weight is 465 g/mol. The monoisotopic (exact) mass is 464 g/mol. The fourth-order valence-electron chi connectivity index (χ4n) is 4.22. The molecule has 0 unspecified atom stereocenters. The van der Waals surface area contributed by atoms with E-state index in [-0.39, 0.29) is 11.3 Å². The van der Waals surface area contributed by atoms with E-state index in [2.05, 4.69) is 38.1 Å². The highest BCUT2D eigenvalue weighted by atomic mass is 19.2. The highest BCUT2D eigenvalue weighted by molar-refractivity contribution is 5.71. The van der Waals surface area contributed by atoms with E-state index in [9.17, 15) is 8.78 Å². The largest absolute Gasteiger partial charge is 0.490 e. The summed E-state index contributed by atoms with van der Waals surface area (Å²) >= 11 is 0. The molecule has 0 aromatic heterocycles. The number of unbranched alkanes of at least 4 members (excludes halogenated alkanes) is 7. The van der Waals surface area contributed by atoms with Gasteiger partial charge < -0.3 is 4.74 Å². The van der Waals surface area contributed by atoms with Crippen molar-refractivity contribution in [2.45, 2.75) is 78.1 Å². The Hall–Kier alpha value is -2.68. The van der Waals surface area contributed by atoms with E-state index in [0.29, 0.717) is 12.2 Å². The second-order valence-corrected chi connectivity index (χ2v) is 9.09. The summed E-state index contributed by atoms with van der Waals surface area (Å²) in [6.45, 7) is 4.81. The van der Waals surface area contributed by atoms with Crippen molar-refractivity contribution in [2.75, 3.05) is 6.61 Å². The molecule has 3 rings (SSSR count). The molecule has 3 aromatic rings. The first-order valence-electron chi connectivity index (χ1n) is 12.9. The Morgan fingerprint density at radius 3 is 1.79 bits per heavy atom. The number of ether oxygens (including phenoxy) is 1. The molecule has 0 N–H and O–H groups in total. The van der Waals surface area contributed by atoms with E-state index < -0.39 is 11.6 Å². The van der Waals surface area contributed by atoms with Crippen LogP contribution in [0.15, 0.2) is 60.7 Å². The molecule has 3 heteroatoms. The molecule has 3 aromatic carbocycles. The molecule has 0 saturated carbocycles. The SMILES string of the molecule is CCCCCCCCOc1ccc(-c2ccc(-c3ccc(CCCCC)cc3)cc2)c(F)c1F. The number of aryl methyl sites for hydroxylation is 1. The van der Waals surface area contributed by atoms with Crippen molar-refractivity contribution < 1.29 is 13.5 Å². The fourth-order valence-corrected chi connectivity index (χ4v) is 4.22. The second-order valence-electron chi connectivity index (χ2n) is 9.09. The molecule has 0 aliphatic heterocycles. The molecule has 0 bridgehead atoms. The zero-order chi connectivity index (χ0) is 24.2. The van der Waals surface area contributed by atoms with Gasteiger partial charge in [-0.2, -0.15) is 4.39 Å². The van der Waals surface area contributed by atoms with Crippen molar-refractivity contribution in [3.63, 3.8) is 0 Å². The summed E-state index contributed by atoms with van der Waals surface area (Å²) in [7, 11) is 0. The third-order valence-electron chi connectivity index (χ3n) is 6.35. The molecule has 0 aliphatic rings. The Labute approximate surface area is 204 Å². The molecule has 0 spiro atoms. The van der Waals surface area contributed by atoms with Crippen LogP contribution >= 0.6 is 0 Å². The van der Waals surface area contributed by atoms with Gasteiger partial charge in [-0.15, -0.1) is 0 Å².